The smallest absolute Gasteiger partial charge is 0.222 e. The maximum Gasteiger partial charge on any atom is 0.222 e. The van der Waals surface area contributed by atoms with Gasteiger partial charge in [0.1, 0.15) is 0 Å². The molecule has 1 amide bonds. The molecule has 1 fully saturated rings. The topological polar surface area (TPSA) is 32.3 Å². The van der Waals surface area contributed by atoms with Gasteiger partial charge in [0.15, 0.2) is 0 Å². The highest BCUT2D eigenvalue weighted by atomic mass is 16.2. The van der Waals surface area contributed by atoms with Crippen molar-refractivity contribution in [1.82, 2.24) is 10.2 Å². The molecule has 1 saturated heterocycles. The van der Waals surface area contributed by atoms with Gasteiger partial charge in [-0.15, -0.1) is 0 Å². The average molecular weight is 184 g/mol. The van der Waals surface area contributed by atoms with E-state index < -0.39 is 0 Å². The highest BCUT2D eigenvalue weighted by Crippen LogP contribution is 2.17. The maximum atomic E-state index is 11.5. The molecule has 1 heterocycles. The van der Waals surface area contributed by atoms with E-state index in [1.165, 1.54) is 6.42 Å². The Morgan fingerprint density at radius 3 is 3.00 bits per heavy atom. The lowest BCUT2D eigenvalue weighted by atomic mass is 9.98. The standard InChI is InChI=1S/C10H20N2O/c1-9-4-7-12(10(13)8-9)6-3-5-11-2/h9,11H,3-8H2,1-2H3. The highest BCUT2D eigenvalue weighted by Gasteiger charge is 2.21. The summed E-state index contributed by atoms with van der Waals surface area (Å²) in [7, 11) is 1.94. The first-order chi connectivity index (χ1) is 6.24. The Morgan fingerprint density at radius 2 is 2.38 bits per heavy atom. The number of nitrogens with one attached hydrogen (secondary N) is 1. The van der Waals surface area contributed by atoms with Crippen molar-refractivity contribution in [2.45, 2.75) is 26.2 Å². The molecule has 0 bridgehead atoms. The van der Waals surface area contributed by atoms with E-state index in [1.807, 2.05) is 11.9 Å². The Hall–Kier alpha value is -0.570. The van der Waals surface area contributed by atoms with E-state index >= 15 is 0 Å². The molecule has 1 rings (SSSR count). The fourth-order valence-corrected chi connectivity index (χ4v) is 1.71. The van der Waals surface area contributed by atoms with Crippen LogP contribution in [0, 0.1) is 5.92 Å². The van der Waals surface area contributed by atoms with E-state index in [0.717, 1.165) is 32.5 Å². The summed E-state index contributed by atoms with van der Waals surface area (Å²) in [5.41, 5.74) is 0. The van der Waals surface area contributed by atoms with Crippen molar-refractivity contribution in [2.24, 2.45) is 5.92 Å². The zero-order chi connectivity index (χ0) is 9.68. The minimum atomic E-state index is 0.342. The predicted molar refractivity (Wildman–Crippen MR) is 53.5 cm³/mol. The van der Waals surface area contributed by atoms with Gasteiger partial charge in [-0.05, 0) is 32.4 Å². The third-order valence-corrected chi connectivity index (χ3v) is 2.62. The number of piperidine rings is 1. The monoisotopic (exact) mass is 184 g/mol. The number of amides is 1. The van der Waals surface area contributed by atoms with Gasteiger partial charge in [0.05, 0.1) is 0 Å². The van der Waals surface area contributed by atoms with Gasteiger partial charge in [-0.25, -0.2) is 0 Å². The van der Waals surface area contributed by atoms with Crippen molar-refractivity contribution >= 4 is 5.91 Å². The van der Waals surface area contributed by atoms with Crippen LogP contribution in [0.2, 0.25) is 0 Å². The van der Waals surface area contributed by atoms with E-state index in [2.05, 4.69) is 12.2 Å². The molecule has 1 aliphatic heterocycles. The molecular weight excluding hydrogens is 164 g/mol. The first-order valence-electron chi connectivity index (χ1n) is 5.16. The molecule has 3 heteroatoms. The number of hydrogen-bond acceptors (Lipinski definition) is 2. The van der Waals surface area contributed by atoms with Crippen LogP contribution in [0.5, 0.6) is 0 Å². The minimum absolute atomic E-state index is 0.342. The molecule has 13 heavy (non-hydrogen) atoms. The second-order valence-corrected chi connectivity index (χ2v) is 3.94. The van der Waals surface area contributed by atoms with Gasteiger partial charge in [-0.1, -0.05) is 6.92 Å². The molecule has 0 aromatic rings. The molecule has 76 valence electrons. The van der Waals surface area contributed by atoms with Crippen molar-refractivity contribution in [3.63, 3.8) is 0 Å². The van der Waals surface area contributed by atoms with Gasteiger partial charge < -0.3 is 10.2 Å². The average Bonchev–Trinajstić information content (AvgIpc) is 2.09. The first kappa shape index (κ1) is 10.5. The van der Waals surface area contributed by atoms with Gasteiger partial charge in [0, 0.05) is 19.5 Å². The molecule has 0 saturated carbocycles. The number of carbonyl (C=O) groups excluding carboxylic acids is 1. The summed E-state index contributed by atoms with van der Waals surface area (Å²) >= 11 is 0. The van der Waals surface area contributed by atoms with E-state index in [1.54, 1.807) is 0 Å². The Labute approximate surface area is 80.5 Å². The maximum absolute atomic E-state index is 11.5. The molecule has 0 spiro atoms. The predicted octanol–water partition coefficient (Wildman–Crippen LogP) is 0.854. The zero-order valence-electron chi connectivity index (χ0n) is 8.68. The van der Waals surface area contributed by atoms with Crippen LogP contribution in [-0.4, -0.2) is 37.5 Å². The van der Waals surface area contributed by atoms with Crippen LogP contribution < -0.4 is 5.32 Å². The highest BCUT2D eigenvalue weighted by molar-refractivity contribution is 5.77. The van der Waals surface area contributed by atoms with Gasteiger partial charge in [-0.3, -0.25) is 4.79 Å². The number of carbonyl (C=O) groups is 1. The van der Waals surface area contributed by atoms with Gasteiger partial charge in [-0.2, -0.15) is 0 Å². The Balaban J connectivity index is 2.22. The summed E-state index contributed by atoms with van der Waals surface area (Å²) in [5.74, 6) is 0.933. The van der Waals surface area contributed by atoms with Crippen molar-refractivity contribution in [2.75, 3.05) is 26.7 Å². The van der Waals surface area contributed by atoms with Crippen molar-refractivity contribution in [1.29, 1.82) is 0 Å². The normalized spacial score (nSPS) is 23.7. The summed E-state index contributed by atoms with van der Waals surface area (Å²) < 4.78 is 0. The quantitative estimate of drug-likeness (QED) is 0.657. The molecule has 1 unspecified atom stereocenters. The SMILES string of the molecule is CNCCCN1CCC(C)CC1=O. The largest absolute Gasteiger partial charge is 0.343 e. The van der Waals surface area contributed by atoms with E-state index in [9.17, 15) is 4.79 Å². The summed E-state index contributed by atoms with van der Waals surface area (Å²) in [6.07, 6.45) is 2.99. The number of hydrogen-bond donors (Lipinski definition) is 1. The van der Waals surface area contributed by atoms with Crippen LogP contribution in [0.4, 0.5) is 0 Å². The third-order valence-electron chi connectivity index (χ3n) is 2.62. The molecule has 0 aromatic heterocycles. The van der Waals surface area contributed by atoms with Crippen LogP contribution in [-0.2, 0) is 4.79 Å². The van der Waals surface area contributed by atoms with Crippen LogP contribution in [0.3, 0.4) is 0 Å². The summed E-state index contributed by atoms with van der Waals surface area (Å²) in [5, 5.41) is 3.09. The van der Waals surface area contributed by atoms with Crippen molar-refractivity contribution < 1.29 is 4.79 Å². The molecule has 1 aliphatic rings. The lowest BCUT2D eigenvalue weighted by molar-refractivity contribution is -0.134. The van der Waals surface area contributed by atoms with Crippen molar-refractivity contribution in [3.8, 4) is 0 Å². The summed E-state index contributed by atoms with van der Waals surface area (Å²) in [6.45, 7) is 5.04. The first-order valence-corrected chi connectivity index (χ1v) is 5.16. The third kappa shape index (κ3) is 3.35. The summed E-state index contributed by atoms with van der Waals surface area (Å²) in [6, 6.07) is 0. The van der Waals surface area contributed by atoms with E-state index in [0.29, 0.717) is 11.8 Å². The van der Waals surface area contributed by atoms with E-state index in [4.69, 9.17) is 0 Å². The molecule has 1 N–H and O–H groups in total. The molecule has 3 nitrogen and oxygen atoms in total. The molecule has 0 aromatic carbocycles. The Morgan fingerprint density at radius 1 is 1.62 bits per heavy atom. The van der Waals surface area contributed by atoms with Crippen LogP contribution in [0.15, 0.2) is 0 Å². The van der Waals surface area contributed by atoms with Crippen LogP contribution in [0.25, 0.3) is 0 Å². The molecular formula is C10H20N2O. The lowest BCUT2D eigenvalue weighted by Gasteiger charge is -2.30. The molecule has 0 radical (unpaired) electrons. The van der Waals surface area contributed by atoms with Crippen molar-refractivity contribution in [3.05, 3.63) is 0 Å². The Bertz CT molecular complexity index is 170. The van der Waals surface area contributed by atoms with Crippen LogP contribution >= 0.6 is 0 Å². The summed E-state index contributed by atoms with van der Waals surface area (Å²) in [4.78, 5) is 13.5. The van der Waals surface area contributed by atoms with E-state index in [-0.39, 0.29) is 0 Å². The second-order valence-electron chi connectivity index (χ2n) is 3.94. The molecule has 0 aliphatic carbocycles. The van der Waals surface area contributed by atoms with Gasteiger partial charge >= 0.3 is 0 Å². The number of likely N-dealkylation sites (tertiary alicyclic amines) is 1. The molecule has 1 atom stereocenters. The fourth-order valence-electron chi connectivity index (χ4n) is 1.71. The minimum Gasteiger partial charge on any atom is -0.343 e. The van der Waals surface area contributed by atoms with Gasteiger partial charge in [0.25, 0.3) is 0 Å². The van der Waals surface area contributed by atoms with Gasteiger partial charge in [0.2, 0.25) is 5.91 Å². The second kappa shape index (κ2) is 5.22. The number of nitrogens with zero attached hydrogens (tertiary/aromatic N) is 1. The fraction of sp³-hybridized carbons (Fsp3) is 0.900. The van der Waals surface area contributed by atoms with Crippen LogP contribution in [0.1, 0.15) is 26.2 Å². The zero-order valence-corrected chi connectivity index (χ0v) is 8.68. The lowest BCUT2D eigenvalue weighted by Crippen LogP contribution is -2.39. The number of rotatable bonds is 4. The Kier molecular flexibility index (Phi) is 4.22.